The fraction of sp³-hybridized carbons (Fsp3) is 0. The van der Waals surface area contributed by atoms with Crippen LogP contribution in [0.3, 0.4) is 0 Å². The van der Waals surface area contributed by atoms with Gasteiger partial charge in [-0.15, -0.1) is 11.3 Å². The molecule has 4 heteroatoms. The third-order valence-electron chi connectivity index (χ3n) is 9.60. The first kappa shape index (κ1) is 24.5. The first-order valence-corrected chi connectivity index (χ1v) is 16.3. The number of hydrogen-bond donors (Lipinski definition) is 0. The van der Waals surface area contributed by atoms with Gasteiger partial charge in [-0.1, -0.05) is 78.9 Å². The van der Waals surface area contributed by atoms with Crippen molar-refractivity contribution in [2.75, 3.05) is 0 Å². The molecule has 0 fully saturated rings. The molecular formula is C42H23NO2S. The summed E-state index contributed by atoms with van der Waals surface area (Å²) in [6.45, 7) is 0. The fourth-order valence-corrected chi connectivity index (χ4v) is 8.70. The van der Waals surface area contributed by atoms with Crippen molar-refractivity contribution >= 4 is 97.2 Å². The van der Waals surface area contributed by atoms with Crippen LogP contribution in [0.1, 0.15) is 0 Å². The lowest BCUT2D eigenvalue weighted by molar-refractivity contribution is 0.668. The molecule has 0 radical (unpaired) electrons. The summed E-state index contributed by atoms with van der Waals surface area (Å²) in [5, 5.41) is 9.45. The van der Waals surface area contributed by atoms with E-state index in [1.165, 1.54) is 42.1 Å². The van der Waals surface area contributed by atoms with Crippen LogP contribution in [0.15, 0.2) is 148 Å². The first-order valence-electron chi connectivity index (χ1n) is 15.5. The summed E-state index contributed by atoms with van der Waals surface area (Å²) in [5.74, 6) is 0. The van der Waals surface area contributed by atoms with Crippen molar-refractivity contribution in [3.8, 4) is 16.8 Å². The molecule has 214 valence electrons. The van der Waals surface area contributed by atoms with Crippen molar-refractivity contribution < 1.29 is 8.83 Å². The van der Waals surface area contributed by atoms with Gasteiger partial charge in [0.25, 0.3) is 0 Å². The van der Waals surface area contributed by atoms with E-state index in [4.69, 9.17) is 8.83 Å². The van der Waals surface area contributed by atoms with E-state index in [-0.39, 0.29) is 0 Å². The minimum Gasteiger partial charge on any atom is -0.456 e. The summed E-state index contributed by atoms with van der Waals surface area (Å²) in [7, 11) is 0. The van der Waals surface area contributed by atoms with Crippen LogP contribution in [0.4, 0.5) is 0 Å². The second-order valence-electron chi connectivity index (χ2n) is 12.1. The molecule has 0 atom stereocenters. The van der Waals surface area contributed by atoms with Crippen molar-refractivity contribution in [3.05, 3.63) is 140 Å². The quantitative estimate of drug-likeness (QED) is 0.196. The zero-order chi connectivity index (χ0) is 29.9. The molecule has 3 nitrogen and oxygen atoms in total. The maximum absolute atomic E-state index is 6.61. The largest absolute Gasteiger partial charge is 0.456 e. The van der Waals surface area contributed by atoms with Gasteiger partial charge in [-0.05, 0) is 71.8 Å². The Labute approximate surface area is 266 Å². The summed E-state index contributed by atoms with van der Waals surface area (Å²) < 4.78 is 18.0. The van der Waals surface area contributed by atoms with E-state index < -0.39 is 0 Å². The lowest BCUT2D eigenvalue weighted by atomic mass is 9.97. The highest BCUT2D eigenvalue weighted by molar-refractivity contribution is 7.25. The van der Waals surface area contributed by atoms with Crippen LogP contribution >= 0.6 is 11.3 Å². The number of aromatic nitrogens is 1. The van der Waals surface area contributed by atoms with E-state index in [1.807, 2.05) is 23.5 Å². The number of furan rings is 2. The van der Waals surface area contributed by atoms with Gasteiger partial charge in [-0.3, -0.25) is 0 Å². The molecule has 4 aromatic heterocycles. The van der Waals surface area contributed by atoms with E-state index in [0.717, 1.165) is 60.6 Å². The number of fused-ring (bicyclic) bond motifs is 12. The normalized spacial score (nSPS) is 12.3. The summed E-state index contributed by atoms with van der Waals surface area (Å²) in [6.07, 6.45) is 0. The maximum Gasteiger partial charge on any atom is 0.137 e. The molecule has 7 aromatic carbocycles. The molecule has 4 heterocycles. The molecular weight excluding hydrogens is 583 g/mol. The average Bonchev–Trinajstić information content (AvgIpc) is 3.85. The van der Waals surface area contributed by atoms with E-state index in [1.54, 1.807) is 0 Å². The molecule has 0 saturated carbocycles. The Hall–Kier alpha value is -5.84. The topological polar surface area (TPSA) is 31.2 Å². The predicted octanol–water partition coefficient (Wildman–Crippen LogP) is 12.6. The molecule has 0 unspecified atom stereocenters. The molecule has 0 saturated heterocycles. The second-order valence-corrected chi connectivity index (χ2v) is 13.1. The first-order chi connectivity index (χ1) is 22.8. The summed E-state index contributed by atoms with van der Waals surface area (Å²) >= 11 is 1.85. The number of nitrogens with zero attached hydrogens (tertiary/aromatic N) is 1. The van der Waals surface area contributed by atoms with Gasteiger partial charge in [0.2, 0.25) is 0 Å². The van der Waals surface area contributed by atoms with Gasteiger partial charge in [0.1, 0.15) is 22.3 Å². The molecule has 11 rings (SSSR count). The molecule has 11 aromatic rings. The van der Waals surface area contributed by atoms with E-state index in [2.05, 4.69) is 132 Å². The van der Waals surface area contributed by atoms with Crippen LogP contribution in [0.2, 0.25) is 0 Å². The molecule has 0 aliphatic rings. The highest BCUT2D eigenvalue weighted by Crippen LogP contribution is 2.44. The van der Waals surface area contributed by atoms with Gasteiger partial charge >= 0.3 is 0 Å². The molecule has 0 aliphatic heterocycles. The lowest BCUT2D eigenvalue weighted by Crippen LogP contribution is -1.95. The van der Waals surface area contributed by atoms with Gasteiger partial charge in [0.05, 0.1) is 22.1 Å². The Morgan fingerprint density at radius 3 is 2.07 bits per heavy atom. The highest BCUT2D eigenvalue weighted by atomic mass is 32.1. The van der Waals surface area contributed by atoms with Crippen molar-refractivity contribution in [2.24, 2.45) is 0 Å². The molecule has 0 N–H and O–H groups in total. The van der Waals surface area contributed by atoms with Crippen LogP contribution in [0.25, 0.3) is 103 Å². The van der Waals surface area contributed by atoms with Crippen LogP contribution in [0.5, 0.6) is 0 Å². The summed E-state index contributed by atoms with van der Waals surface area (Å²) in [6, 6.07) is 49.9. The third kappa shape index (κ3) is 3.21. The van der Waals surface area contributed by atoms with Gasteiger partial charge in [-0.25, -0.2) is 0 Å². The predicted molar refractivity (Wildman–Crippen MR) is 194 cm³/mol. The van der Waals surface area contributed by atoms with E-state index in [9.17, 15) is 0 Å². The molecule has 0 amide bonds. The summed E-state index contributed by atoms with van der Waals surface area (Å²) in [5.41, 5.74) is 9.33. The van der Waals surface area contributed by atoms with Gasteiger partial charge in [0.15, 0.2) is 0 Å². The summed E-state index contributed by atoms with van der Waals surface area (Å²) in [4.78, 5) is 0. The van der Waals surface area contributed by atoms with Crippen molar-refractivity contribution in [1.82, 2.24) is 4.57 Å². The van der Waals surface area contributed by atoms with Crippen LogP contribution in [-0.2, 0) is 0 Å². The smallest absolute Gasteiger partial charge is 0.137 e. The molecule has 0 spiro atoms. The minimum atomic E-state index is 0.878. The maximum atomic E-state index is 6.61. The number of rotatable bonds is 2. The number of para-hydroxylation sites is 2. The Morgan fingerprint density at radius 2 is 1.13 bits per heavy atom. The number of thiophene rings is 1. The average molecular weight is 606 g/mol. The highest BCUT2D eigenvalue weighted by Gasteiger charge is 2.21. The van der Waals surface area contributed by atoms with Crippen molar-refractivity contribution in [1.29, 1.82) is 0 Å². The standard InChI is InChI=1S/C42H23NO2S/c1-4-13-32-26(9-1)29-23-38-30(27-10-2-5-15-35(27)44-38)22-34(29)43(32)33-14-8-17-37-42(33)41-25(12-7-16-36(41)45-37)24-19-20-40-31(21-24)28-11-3-6-18-39(28)46-40/h1-23H. The van der Waals surface area contributed by atoms with Gasteiger partial charge < -0.3 is 13.4 Å². The SMILES string of the molecule is c1ccc2c(c1)oc1cc3c4ccccc4n(-c4cccc5oc6cccc(-c7ccc8sc9ccccc9c8c7)c6c45)c3cc12. The van der Waals surface area contributed by atoms with Crippen molar-refractivity contribution in [2.45, 2.75) is 0 Å². The third-order valence-corrected chi connectivity index (χ3v) is 10.8. The Morgan fingerprint density at radius 1 is 0.413 bits per heavy atom. The Balaban J connectivity index is 1.26. The number of benzene rings is 7. The van der Waals surface area contributed by atoms with E-state index in [0.29, 0.717) is 0 Å². The fourth-order valence-electron chi connectivity index (χ4n) is 7.62. The minimum absolute atomic E-state index is 0.878. The van der Waals surface area contributed by atoms with E-state index >= 15 is 0 Å². The monoisotopic (exact) mass is 605 g/mol. The molecule has 46 heavy (non-hydrogen) atoms. The van der Waals surface area contributed by atoms with Gasteiger partial charge in [0, 0.05) is 47.1 Å². The zero-order valence-corrected chi connectivity index (χ0v) is 25.3. The second kappa shape index (κ2) is 8.87. The Kier molecular flexibility index (Phi) is 4.72. The van der Waals surface area contributed by atoms with Crippen LogP contribution in [0, 0.1) is 0 Å². The van der Waals surface area contributed by atoms with Crippen molar-refractivity contribution in [3.63, 3.8) is 0 Å². The molecule has 0 bridgehead atoms. The Bertz CT molecular complexity index is 3040. The zero-order valence-electron chi connectivity index (χ0n) is 24.5. The van der Waals surface area contributed by atoms with Crippen LogP contribution < -0.4 is 0 Å². The molecule has 0 aliphatic carbocycles. The number of hydrogen-bond acceptors (Lipinski definition) is 3. The lowest BCUT2D eigenvalue weighted by Gasteiger charge is -2.11. The van der Waals surface area contributed by atoms with Gasteiger partial charge in [-0.2, -0.15) is 0 Å². The van der Waals surface area contributed by atoms with Crippen LogP contribution in [-0.4, -0.2) is 4.57 Å².